The molecule has 1 rings (SSSR count). The standard InChI is InChI=1S/C13H16F3N3OS/c14-13(15,16)9-4-3-5-10(8-9)19-12(20)18-7-2-1-6-11(17)21/h3-5,8H,1-2,6-7H2,(H2,17,21)(H2,18,19,20). The number of hydrogen-bond acceptors (Lipinski definition) is 2. The average Bonchev–Trinajstić information content (AvgIpc) is 2.37. The normalized spacial score (nSPS) is 11.0. The van der Waals surface area contributed by atoms with Gasteiger partial charge in [-0.25, -0.2) is 4.79 Å². The van der Waals surface area contributed by atoms with Gasteiger partial charge in [0.1, 0.15) is 0 Å². The maximum absolute atomic E-state index is 12.5. The van der Waals surface area contributed by atoms with Crippen molar-refractivity contribution in [2.45, 2.75) is 25.4 Å². The van der Waals surface area contributed by atoms with E-state index in [-0.39, 0.29) is 5.69 Å². The number of anilines is 1. The van der Waals surface area contributed by atoms with Crippen molar-refractivity contribution >= 4 is 28.9 Å². The Bertz CT molecular complexity index is 506. The summed E-state index contributed by atoms with van der Waals surface area (Å²) in [6.07, 6.45) is -2.40. The molecule has 0 fully saturated rings. The summed E-state index contributed by atoms with van der Waals surface area (Å²) in [5.74, 6) is 0. The minimum Gasteiger partial charge on any atom is -0.393 e. The lowest BCUT2D eigenvalue weighted by molar-refractivity contribution is -0.137. The molecule has 0 heterocycles. The van der Waals surface area contributed by atoms with E-state index in [2.05, 4.69) is 10.6 Å². The molecule has 0 aliphatic carbocycles. The topological polar surface area (TPSA) is 67.1 Å². The quantitative estimate of drug-likeness (QED) is 0.557. The van der Waals surface area contributed by atoms with Crippen molar-refractivity contribution in [3.05, 3.63) is 29.8 Å². The van der Waals surface area contributed by atoms with Crippen LogP contribution in [0.3, 0.4) is 0 Å². The van der Waals surface area contributed by atoms with Crippen molar-refractivity contribution in [3.8, 4) is 0 Å². The van der Waals surface area contributed by atoms with E-state index in [1.54, 1.807) is 0 Å². The van der Waals surface area contributed by atoms with Gasteiger partial charge in [0.05, 0.1) is 10.6 Å². The Balaban J connectivity index is 2.39. The largest absolute Gasteiger partial charge is 0.416 e. The van der Waals surface area contributed by atoms with Gasteiger partial charge in [-0.3, -0.25) is 0 Å². The highest BCUT2D eigenvalue weighted by molar-refractivity contribution is 7.80. The molecule has 0 spiro atoms. The fourth-order valence-electron chi connectivity index (χ4n) is 1.57. The lowest BCUT2D eigenvalue weighted by atomic mass is 10.2. The number of urea groups is 1. The summed E-state index contributed by atoms with van der Waals surface area (Å²) in [5, 5.41) is 4.90. The van der Waals surface area contributed by atoms with Crippen LogP contribution >= 0.6 is 12.2 Å². The minimum absolute atomic E-state index is 0.0884. The summed E-state index contributed by atoms with van der Waals surface area (Å²) in [6, 6.07) is 3.90. The fraction of sp³-hybridized carbons (Fsp3) is 0.385. The summed E-state index contributed by atoms with van der Waals surface area (Å²) in [4.78, 5) is 11.9. The number of hydrogen-bond donors (Lipinski definition) is 3. The highest BCUT2D eigenvalue weighted by Crippen LogP contribution is 2.30. The van der Waals surface area contributed by atoms with Crippen molar-refractivity contribution in [2.75, 3.05) is 11.9 Å². The number of carbonyl (C=O) groups is 1. The van der Waals surface area contributed by atoms with Gasteiger partial charge in [-0.2, -0.15) is 13.2 Å². The Labute approximate surface area is 125 Å². The highest BCUT2D eigenvalue weighted by Gasteiger charge is 2.30. The maximum Gasteiger partial charge on any atom is 0.416 e. The van der Waals surface area contributed by atoms with Crippen LogP contribution in [-0.2, 0) is 6.18 Å². The highest BCUT2D eigenvalue weighted by atomic mass is 32.1. The second kappa shape index (κ2) is 7.82. The van der Waals surface area contributed by atoms with Crippen molar-refractivity contribution < 1.29 is 18.0 Å². The number of alkyl halides is 3. The molecule has 0 radical (unpaired) electrons. The van der Waals surface area contributed by atoms with Gasteiger partial charge in [-0.1, -0.05) is 18.3 Å². The first kappa shape index (κ1) is 17.2. The van der Waals surface area contributed by atoms with Gasteiger partial charge in [-0.15, -0.1) is 0 Å². The first-order chi connectivity index (χ1) is 9.79. The van der Waals surface area contributed by atoms with E-state index in [1.165, 1.54) is 12.1 Å². The summed E-state index contributed by atoms with van der Waals surface area (Å²) in [5.41, 5.74) is 4.61. The Morgan fingerprint density at radius 1 is 1.29 bits per heavy atom. The third-order valence-corrected chi connectivity index (χ3v) is 2.79. The zero-order valence-electron chi connectivity index (χ0n) is 11.2. The van der Waals surface area contributed by atoms with Crippen LogP contribution in [0.2, 0.25) is 0 Å². The molecule has 0 saturated carbocycles. The molecule has 116 valence electrons. The van der Waals surface area contributed by atoms with Crippen LogP contribution in [0.1, 0.15) is 24.8 Å². The van der Waals surface area contributed by atoms with E-state index in [9.17, 15) is 18.0 Å². The van der Waals surface area contributed by atoms with Crippen LogP contribution in [0.4, 0.5) is 23.7 Å². The molecule has 8 heteroatoms. The van der Waals surface area contributed by atoms with Crippen LogP contribution in [0.25, 0.3) is 0 Å². The number of halogens is 3. The number of amides is 2. The van der Waals surface area contributed by atoms with Gasteiger partial charge >= 0.3 is 12.2 Å². The Morgan fingerprint density at radius 2 is 2.00 bits per heavy atom. The smallest absolute Gasteiger partial charge is 0.393 e. The molecule has 4 N–H and O–H groups in total. The SMILES string of the molecule is NC(=S)CCCCNC(=O)Nc1cccc(C(F)(F)F)c1. The molecule has 1 aromatic rings. The number of carbonyl (C=O) groups excluding carboxylic acids is 1. The molecule has 0 unspecified atom stereocenters. The number of thiocarbonyl (C=S) groups is 1. The van der Waals surface area contributed by atoms with Gasteiger partial charge in [-0.05, 0) is 37.5 Å². The first-order valence-corrected chi connectivity index (χ1v) is 6.70. The zero-order valence-corrected chi connectivity index (χ0v) is 12.0. The predicted molar refractivity (Wildman–Crippen MR) is 79.1 cm³/mol. The van der Waals surface area contributed by atoms with E-state index in [0.29, 0.717) is 24.4 Å². The van der Waals surface area contributed by atoms with Crippen LogP contribution in [0.15, 0.2) is 24.3 Å². The second-order valence-electron chi connectivity index (χ2n) is 4.38. The number of benzene rings is 1. The molecule has 0 bridgehead atoms. The summed E-state index contributed by atoms with van der Waals surface area (Å²) < 4.78 is 37.5. The van der Waals surface area contributed by atoms with Gasteiger partial charge in [0.2, 0.25) is 0 Å². The van der Waals surface area contributed by atoms with E-state index < -0.39 is 17.8 Å². The Kier molecular flexibility index (Phi) is 6.41. The molecule has 21 heavy (non-hydrogen) atoms. The molecule has 0 saturated heterocycles. The third kappa shape index (κ3) is 6.94. The molecule has 0 atom stereocenters. The maximum atomic E-state index is 12.5. The molecule has 4 nitrogen and oxygen atoms in total. The van der Waals surface area contributed by atoms with Gasteiger partial charge in [0.15, 0.2) is 0 Å². The first-order valence-electron chi connectivity index (χ1n) is 6.29. The van der Waals surface area contributed by atoms with E-state index in [1.807, 2.05) is 0 Å². The lowest BCUT2D eigenvalue weighted by Gasteiger charge is -2.10. The van der Waals surface area contributed by atoms with Crippen molar-refractivity contribution in [3.63, 3.8) is 0 Å². The molecule has 0 aliphatic heterocycles. The van der Waals surface area contributed by atoms with Crippen molar-refractivity contribution in [1.29, 1.82) is 0 Å². The molecular formula is C13H16F3N3OS. The fourth-order valence-corrected chi connectivity index (χ4v) is 1.72. The molecule has 1 aromatic carbocycles. The Hall–Kier alpha value is -1.83. The van der Waals surface area contributed by atoms with Crippen LogP contribution < -0.4 is 16.4 Å². The van der Waals surface area contributed by atoms with Crippen molar-refractivity contribution in [1.82, 2.24) is 5.32 Å². The van der Waals surface area contributed by atoms with E-state index in [0.717, 1.165) is 18.6 Å². The predicted octanol–water partition coefficient (Wildman–Crippen LogP) is 3.28. The number of nitrogens with one attached hydrogen (secondary N) is 2. The zero-order chi connectivity index (χ0) is 15.9. The van der Waals surface area contributed by atoms with E-state index >= 15 is 0 Å². The molecule has 2 amide bonds. The monoisotopic (exact) mass is 319 g/mol. The number of rotatable bonds is 6. The molecule has 0 aliphatic rings. The van der Waals surface area contributed by atoms with Crippen LogP contribution in [0.5, 0.6) is 0 Å². The third-order valence-electron chi connectivity index (χ3n) is 2.58. The summed E-state index contributed by atoms with van der Waals surface area (Å²) >= 11 is 4.71. The van der Waals surface area contributed by atoms with E-state index in [4.69, 9.17) is 18.0 Å². The van der Waals surface area contributed by atoms with Crippen molar-refractivity contribution in [2.24, 2.45) is 5.73 Å². The number of unbranched alkanes of at least 4 members (excludes halogenated alkanes) is 1. The molecular weight excluding hydrogens is 303 g/mol. The summed E-state index contributed by atoms with van der Waals surface area (Å²) in [7, 11) is 0. The average molecular weight is 319 g/mol. The number of nitrogens with two attached hydrogens (primary N) is 1. The van der Waals surface area contributed by atoms with Crippen LogP contribution in [0, 0.1) is 0 Å². The van der Waals surface area contributed by atoms with Crippen LogP contribution in [-0.4, -0.2) is 17.6 Å². The minimum atomic E-state index is -4.44. The lowest BCUT2D eigenvalue weighted by Crippen LogP contribution is -2.29. The molecule has 0 aromatic heterocycles. The van der Waals surface area contributed by atoms with Gasteiger partial charge in [0, 0.05) is 12.2 Å². The second-order valence-corrected chi connectivity index (χ2v) is 4.91. The van der Waals surface area contributed by atoms with Gasteiger partial charge in [0.25, 0.3) is 0 Å². The van der Waals surface area contributed by atoms with Gasteiger partial charge < -0.3 is 16.4 Å². The Morgan fingerprint density at radius 3 is 2.62 bits per heavy atom. The summed E-state index contributed by atoms with van der Waals surface area (Å²) in [6.45, 7) is 0.396.